The maximum atomic E-state index is 10.1. The quantitative estimate of drug-likeness (QED) is 0.158. The lowest BCUT2D eigenvalue weighted by Gasteiger charge is -2.02. The molecule has 9 nitrogen and oxygen atoms in total. The molecule has 9 N–H and O–H groups in total. The van der Waals surface area contributed by atoms with E-state index in [1.807, 2.05) is 0 Å². The molecule has 0 aliphatic heterocycles. The van der Waals surface area contributed by atoms with Gasteiger partial charge in [0.15, 0.2) is 5.96 Å². The fourth-order valence-corrected chi connectivity index (χ4v) is 0.712. The Morgan fingerprint density at radius 1 is 1.43 bits per heavy atom. The van der Waals surface area contributed by atoms with Crippen molar-refractivity contribution >= 4 is 19.5 Å². The van der Waals surface area contributed by atoms with Crippen molar-refractivity contribution in [2.24, 2.45) is 11.5 Å². The number of nitrogens with two attached hydrogens (primary N) is 2. The van der Waals surface area contributed by atoms with E-state index in [0.29, 0.717) is 0 Å². The van der Waals surface area contributed by atoms with Gasteiger partial charge in [-0.25, -0.2) is 0 Å². The van der Waals surface area contributed by atoms with Crippen molar-refractivity contribution in [3.63, 3.8) is 0 Å². The topological polar surface area (TPSA) is 183 Å². The molecule has 14 heavy (non-hydrogen) atoms. The second-order valence-corrected chi connectivity index (χ2v) is 3.74. The first kappa shape index (κ1) is 15.3. The molecule has 0 atom stereocenters. The third-order valence-corrected chi connectivity index (χ3v) is 1.23. The molecule has 0 aliphatic rings. The molecule has 0 fully saturated rings. The molecule has 0 aromatic heterocycles. The molecule has 0 saturated heterocycles. The van der Waals surface area contributed by atoms with Crippen LogP contribution in [0, 0.1) is 5.41 Å². The molecule has 0 radical (unpaired) electrons. The summed E-state index contributed by atoms with van der Waals surface area (Å²) in [5.41, 5.74) is 8.94. The van der Waals surface area contributed by atoms with Crippen LogP contribution in [0.2, 0.25) is 0 Å². The van der Waals surface area contributed by atoms with Gasteiger partial charge in [-0.1, -0.05) is 0 Å². The van der Waals surface area contributed by atoms with Crippen LogP contribution in [0.1, 0.15) is 0 Å². The average Bonchev–Trinajstić information content (AvgIpc) is 1.80. The zero-order chi connectivity index (χ0) is 11.8. The van der Waals surface area contributed by atoms with Crippen LogP contribution in [0.25, 0.3) is 0 Å². The highest BCUT2D eigenvalue weighted by molar-refractivity contribution is 7.51. The Kier molecular flexibility index (Phi) is 7.96. The maximum absolute atomic E-state index is 10.1. The second kappa shape index (κ2) is 7.27. The van der Waals surface area contributed by atoms with E-state index in [1.165, 1.54) is 0 Å². The van der Waals surface area contributed by atoms with Gasteiger partial charge in [-0.15, -0.1) is 0 Å². The fourth-order valence-electron chi connectivity index (χ4n) is 0.308. The van der Waals surface area contributed by atoms with Gasteiger partial charge in [-0.05, 0) is 0 Å². The Labute approximate surface area is 79.8 Å². The molecule has 0 amide bonds. The third kappa shape index (κ3) is 30.8. The van der Waals surface area contributed by atoms with Gasteiger partial charge >= 0.3 is 13.6 Å². The Hall–Kier alpha value is -1.15. The van der Waals surface area contributed by atoms with Crippen molar-refractivity contribution in [2.75, 3.05) is 12.8 Å². The van der Waals surface area contributed by atoms with Crippen LogP contribution >= 0.6 is 7.60 Å². The van der Waals surface area contributed by atoms with Gasteiger partial charge in [0.1, 0.15) is 0 Å². The zero-order valence-electron chi connectivity index (χ0n) is 7.17. The van der Waals surface area contributed by atoms with Crippen LogP contribution in [-0.4, -0.2) is 39.7 Å². The van der Waals surface area contributed by atoms with Crippen molar-refractivity contribution in [3.8, 4) is 0 Å². The first-order valence-corrected chi connectivity index (χ1v) is 5.01. The maximum Gasteiger partial charge on any atom is 0.339 e. The van der Waals surface area contributed by atoms with Gasteiger partial charge in [0.2, 0.25) is 0 Å². The SMILES string of the molecule is N=C(N)N.O=C(O)CNCP(=O)(O)O. The summed E-state index contributed by atoms with van der Waals surface area (Å²) >= 11 is 0. The van der Waals surface area contributed by atoms with Crippen molar-refractivity contribution in [2.45, 2.75) is 0 Å². The summed E-state index contributed by atoms with van der Waals surface area (Å²) in [5.74, 6) is -1.48. The molecular weight excluding hydrogens is 215 g/mol. The Balaban J connectivity index is 0. The molecule has 84 valence electrons. The van der Waals surface area contributed by atoms with E-state index in [1.54, 1.807) is 0 Å². The molecule has 0 aromatic rings. The summed E-state index contributed by atoms with van der Waals surface area (Å²) in [6, 6.07) is 0. The van der Waals surface area contributed by atoms with Crippen molar-refractivity contribution in [1.29, 1.82) is 5.41 Å². The smallest absolute Gasteiger partial charge is 0.339 e. The predicted molar refractivity (Wildman–Crippen MR) is 48.7 cm³/mol. The number of carboxylic acids is 1. The number of carbonyl (C=O) groups is 1. The van der Waals surface area contributed by atoms with Gasteiger partial charge in [0.05, 0.1) is 12.8 Å². The summed E-state index contributed by atoms with van der Waals surface area (Å²) in [6.45, 7) is -0.439. The van der Waals surface area contributed by atoms with E-state index in [9.17, 15) is 9.36 Å². The van der Waals surface area contributed by atoms with E-state index >= 15 is 0 Å². The number of aliphatic carboxylic acids is 1. The molecule has 0 aliphatic carbocycles. The Bertz CT molecular complexity index is 234. The number of hydrogen-bond donors (Lipinski definition) is 7. The molecule has 0 saturated carbocycles. The fraction of sp³-hybridized carbons (Fsp3) is 0.500. The molecule has 0 aromatic carbocycles. The summed E-state index contributed by atoms with van der Waals surface area (Å²) < 4.78 is 10.1. The van der Waals surface area contributed by atoms with Crippen molar-refractivity contribution in [3.05, 3.63) is 0 Å². The highest BCUT2D eigenvalue weighted by Gasteiger charge is 2.11. The molecule has 10 heteroatoms. The molecule has 0 rings (SSSR count). The summed E-state index contributed by atoms with van der Waals surface area (Å²) in [4.78, 5) is 26.1. The van der Waals surface area contributed by atoms with Crippen LogP contribution in [-0.2, 0) is 9.36 Å². The van der Waals surface area contributed by atoms with E-state index in [2.05, 4.69) is 16.8 Å². The van der Waals surface area contributed by atoms with Crippen LogP contribution in [0.4, 0.5) is 0 Å². The van der Waals surface area contributed by atoms with E-state index in [0.717, 1.165) is 0 Å². The number of hydrogen-bond acceptors (Lipinski definition) is 4. The van der Waals surface area contributed by atoms with Gasteiger partial charge in [-0.3, -0.25) is 20.1 Å². The van der Waals surface area contributed by atoms with Crippen LogP contribution < -0.4 is 16.8 Å². The number of carboxylic acid groups (broad SMARTS) is 1. The van der Waals surface area contributed by atoms with Gasteiger partial charge in [0.25, 0.3) is 0 Å². The van der Waals surface area contributed by atoms with E-state index in [4.69, 9.17) is 20.3 Å². The molecule has 0 unspecified atom stereocenters. The first-order chi connectivity index (χ1) is 6.15. The van der Waals surface area contributed by atoms with Gasteiger partial charge in [0, 0.05) is 0 Å². The Morgan fingerprint density at radius 2 is 1.79 bits per heavy atom. The highest BCUT2D eigenvalue weighted by Crippen LogP contribution is 2.31. The molecular formula is C4H13N4O5P. The van der Waals surface area contributed by atoms with Crippen LogP contribution in [0.5, 0.6) is 0 Å². The predicted octanol–water partition coefficient (Wildman–Crippen LogP) is -2.37. The minimum absolute atomic E-state index is 0.333. The van der Waals surface area contributed by atoms with Crippen molar-refractivity contribution < 1.29 is 24.3 Å². The number of rotatable bonds is 4. The van der Waals surface area contributed by atoms with Crippen molar-refractivity contribution in [1.82, 2.24) is 5.32 Å². The lowest BCUT2D eigenvalue weighted by Crippen LogP contribution is -2.23. The average molecular weight is 228 g/mol. The summed E-state index contributed by atoms with van der Waals surface area (Å²) in [6.07, 6.45) is -0.598. The molecule has 0 bridgehead atoms. The molecule has 0 heterocycles. The zero-order valence-corrected chi connectivity index (χ0v) is 8.07. The third-order valence-electron chi connectivity index (χ3n) is 0.594. The number of nitrogens with one attached hydrogen (secondary N) is 2. The normalized spacial score (nSPS) is 9.86. The summed E-state index contributed by atoms with van der Waals surface area (Å²) in [7, 11) is -4.10. The van der Waals surface area contributed by atoms with E-state index in [-0.39, 0.29) is 5.96 Å². The highest BCUT2D eigenvalue weighted by atomic mass is 31.2. The van der Waals surface area contributed by atoms with Crippen LogP contribution in [0.15, 0.2) is 0 Å². The Morgan fingerprint density at radius 3 is 2.00 bits per heavy atom. The standard InChI is InChI=1S/C3H8NO5P.CH5N3/c5-3(6)1-4-2-10(7,8)9;2-1(3)4/h4H,1-2H2,(H,5,6)(H2,7,8,9);(H5,2,3,4). The minimum Gasteiger partial charge on any atom is -0.480 e. The largest absolute Gasteiger partial charge is 0.480 e. The van der Waals surface area contributed by atoms with Gasteiger partial charge in [-0.2, -0.15) is 0 Å². The monoisotopic (exact) mass is 228 g/mol. The minimum atomic E-state index is -4.10. The molecule has 0 spiro atoms. The van der Waals surface area contributed by atoms with Gasteiger partial charge < -0.3 is 26.4 Å². The first-order valence-electron chi connectivity index (χ1n) is 3.21. The second-order valence-electron chi connectivity index (χ2n) is 2.10. The van der Waals surface area contributed by atoms with E-state index < -0.39 is 26.4 Å². The summed E-state index contributed by atoms with van der Waals surface area (Å²) in [5, 5.41) is 16.1. The van der Waals surface area contributed by atoms with Crippen LogP contribution in [0.3, 0.4) is 0 Å². The lowest BCUT2D eigenvalue weighted by molar-refractivity contribution is -0.135. The number of guanidine groups is 1. The lowest BCUT2D eigenvalue weighted by atomic mass is 10.7.